The number of fused-ring (bicyclic) bond motifs is 5. The Labute approximate surface area is 215 Å². The molecular weight excluding hydrogens is 450 g/mol. The van der Waals surface area contributed by atoms with Crippen molar-refractivity contribution in [1.82, 2.24) is 9.55 Å². The van der Waals surface area contributed by atoms with Crippen molar-refractivity contribution < 1.29 is 0 Å². The summed E-state index contributed by atoms with van der Waals surface area (Å²) in [5, 5.41) is 2.61. The fraction of sp³-hybridized carbons (Fsp3) is 0.0882. The van der Waals surface area contributed by atoms with E-state index in [1.54, 1.807) is 0 Å². The Hall–Kier alpha value is -4.63. The Bertz CT molecular complexity index is 1910. The molecule has 3 heteroatoms. The molecule has 1 aromatic heterocycles. The van der Waals surface area contributed by atoms with Crippen LogP contribution in [-0.4, -0.2) is 9.55 Å². The molecule has 2 heterocycles. The number of aromatic nitrogens is 2. The topological polar surface area (TPSA) is 21.1 Å². The predicted octanol–water partition coefficient (Wildman–Crippen LogP) is 8.61. The molecule has 176 valence electrons. The maximum absolute atomic E-state index is 5.14. The van der Waals surface area contributed by atoms with Gasteiger partial charge < -0.3 is 0 Å². The second-order valence-corrected chi connectivity index (χ2v) is 10.5. The van der Waals surface area contributed by atoms with E-state index in [9.17, 15) is 0 Å². The number of hydrogen-bond donors (Lipinski definition) is 0. The van der Waals surface area contributed by atoms with Crippen LogP contribution in [0, 0.1) is 0 Å². The highest BCUT2D eigenvalue weighted by molar-refractivity contribution is 6.10. The van der Waals surface area contributed by atoms with Gasteiger partial charge in [-0.1, -0.05) is 80.6 Å². The molecule has 0 saturated carbocycles. The van der Waals surface area contributed by atoms with E-state index >= 15 is 0 Å². The highest BCUT2D eigenvalue weighted by atomic mass is 15.3. The fourth-order valence-electron chi connectivity index (χ4n) is 6.53. The molecule has 37 heavy (non-hydrogen) atoms. The molecule has 6 aromatic rings. The van der Waals surface area contributed by atoms with Gasteiger partial charge in [0.2, 0.25) is 5.95 Å². The molecule has 0 amide bonds. The van der Waals surface area contributed by atoms with Gasteiger partial charge in [-0.15, -0.1) is 0 Å². The van der Waals surface area contributed by atoms with E-state index in [0.717, 1.165) is 28.4 Å². The quantitative estimate of drug-likeness (QED) is 0.250. The van der Waals surface area contributed by atoms with Gasteiger partial charge in [-0.25, -0.2) is 4.98 Å². The molecule has 0 N–H and O–H groups in total. The maximum Gasteiger partial charge on any atom is 0.220 e. The number of hydrogen-bond acceptors (Lipinski definition) is 2. The molecule has 0 bridgehead atoms. The molecule has 1 aliphatic carbocycles. The lowest BCUT2D eigenvalue weighted by Gasteiger charge is -2.29. The van der Waals surface area contributed by atoms with Gasteiger partial charge >= 0.3 is 0 Å². The van der Waals surface area contributed by atoms with Gasteiger partial charge in [-0.2, -0.15) is 0 Å². The lowest BCUT2D eigenvalue weighted by Crippen LogP contribution is -2.18. The van der Waals surface area contributed by atoms with Crippen LogP contribution < -0.4 is 4.90 Å². The van der Waals surface area contributed by atoms with Gasteiger partial charge in [-0.3, -0.25) is 9.47 Å². The van der Waals surface area contributed by atoms with Crippen molar-refractivity contribution in [3.05, 3.63) is 126 Å². The number of benzene rings is 5. The standard InChI is InChI=1S/C34H25N3/c1-34(2)27-15-7-6-13-24(27)26-21-22-19-20-36(30-18-10-14-25(31(22)30)32(26)34)33-35-28-16-8-9-17-29(28)37(33)23-11-4-3-5-12-23/h3-21H,1-2H3. The van der Waals surface area contributed by atoms with Crippen LogP contribution in [0.1, 0.15) is 30.5 Å². The van der Waals surface area contributed by atoms with Gasteiger partial charge in [0.15, 0.2) is 0 Å². The molecule has 2 aliphatic rings. The van der Waals surface area contributed by atoms with E-state index in [4.69, 9.17) is 4.98 Å². The van der Waals surface area contributed by atoms with Gasteiger partial charge in [0.05, 0.1) is 16.7 Å². The Kier molecular flexibility index (Phi) is 4.00. The first-order chi connectivity index (χ1) is 18.1. The van der Waals surface area contributed by atoms with E-state index in [1.807, 2.05) is 0 Å². The predicted molar refractivity (Wildman–Crippen MR) is 154 cm³/mol. The minimum atomic E-state index is -0.0632. The van der Waals surface area contributed by atoms with Gasteiger partial charge in [0, 0.05) is 22.7 Å². The Balaban J connectivity index is 1.42. The lowest BCUT2D eigenvalue weighted by molar-refractivity contribution is 0.666. The second-order valence-electron chi connectivity index (χ2n) is 10.5. The third-order valence-corrected chi connectivity index (χ3v) is 8.12. The monoisotopic (exact) mass is 475 g/mol. The van der Waals surface area contributed by atoms with Crippen molar-refractivity contribution in [3.63, 3.8) is 0 Å². The Morgan fingerprint density at radius 2 is 1.51 bits per heavy atom. The molecule has 8 rings (SSSR count). The number of anilines is 2. The molecule has 0 radical (unpaired) electrons. The SMILES string of the molecule is CC1(C)c2ccccc2-c2cc3c4c(cccc4c21)N(c1nc2ccccc2n1-c1ccccc1)C=C3. The van der Waals surface area contributed by atoms with E-state index in [2.05, 4.69) is 139 Å². The summed E-state index contributed by atoms with van der Waals surface area (Å²) in [4.78, 5) is 7.40. The summed E-state index contributed by atoms with van der Waals surface area (Å²) in [6.45, 7) is 4.72. The Morgan fingerprint density at radius 3 is 2.41 bits per heavy atom. The maximum atomic E-state index is 5.14. The zero-order chi connectivity index (χ0) is 24.7. The molecule has 0 unspecified atom stereocenters. The normalized spacial score (nSPS) is 14.8. The van der Waals surface area contributed by atoms with Crippen molar-refractivity contribution in [2.75, 3.05) is 4.90 Å². The van der Waals surface area contributed by atoms with Crippen LogP contribution in [0.3, 0.4) is 0 Å². The smallest absolute Gasteiger partial charge is 0.220 e. The molecule has 0 saturated heterocycles. The number of nitrogens with zero attached hydrogens (tertiary/aromatic N) is 3. The average molecular weight is 476 g/mol. The van der Waals surface area contributed by atoms with Crippen LogP contribution in [0.2, 0.25) is 0 Å². The number of imidazole rings is 1. The van der Waals surface area contributed by atoms with Crippen molar-refractivity contribution in [2.45, 2.75) is 19.3 Å². The second kappa shape index (κ2) is 7.21. The summed E-state index contributed by atoms with van der Waals surface area (Å²) >= 11 is 0. The van der Waals surface area contributed by atoms with Crippen LogP contribution in [0.25, 0.3) is 44.7 Å². The minimum Gasteiger partial charge on any atom is -0.286 e. The third-order valence-electron chi connectivity index (χ3n) is 8.12. The number of rotatable bonds is 2. The molecule has 0 spiro atoms. The summed E-state index contributed by atoms with van der Waals surface area (Å²) in [5.74, 6) is 0.893. The largest absolute Gasteiger partial charge is 0.286 e. The minimum absolute atomic E-state index is 0.0632. The van der Waals surface area contributed by atoms with Gasteiger partial charge in [0.25, 0.3) is 0 Å². The van der Waals surface area contributed by atoms with Crippen molar-refractivity contribution in [1.29, 1.82) is 0 Å². The zero-order valence-corrected chi connectivity index (χ0v) is 20.8. The molecule has 1 aliphatic heterocycles. The first-order valence-electron chi connectivity index (χ1n) is 12.8. The van der Waals surface area contributed by atoms with Gasteiger partial charge in [0.1, 0.15) is 0 Å². The van der Waals surface area contributed by atoms with Crippen LogP contribution in [0.4, 0.5) is 11.6 Å². The summed E-state index contributed by atoms with van der Waals surface area (Å²) in [6.07, 6.45) is 4.42. The van der Waals surface area contributed by atoms with E-state index < -0.39 is 0 Å². The van der Waals surface area contributed by atoms with Crippen LogP contribution in [0.15, 0.2) is 109 Å². The summed E-state index contributed by atoms with van der Waals surface area (Å²) in [7, 11) is 0. The molecule has 5 aromatic carbocycles. The van der Waals surface area contributed by atoms with E-state index in [0.29, 0.717) is 0 Å². The highest BCUT2D eigenvalue weighted by Crippen LogP contribution is 2.54. The summed E-state index contributed by atoms with van der Waals surface area (Å²) in [5.41, 5.74) is 11.1. The first kappa shape index (κ1) is 20.6. The fourth-order valence-corrected chi connectivity index (χ4v) is 6.53. The summed E-state index contributed by atoms with van der Waals surface area (Å²) < 4.78 is 2.26. The molecule has 0 atom stereocenters. The van der Waals surface area contributed by atoms with Crippen LogP contribution in [-0.2, 0) is 5.41 Å². The van der Waals surface area contributed by atoms with E-state index in [1.165, 1.54) is 38.6 Å². The zero-order valence-electron chi connectivity index (χ0n) is 20.8. The van der Waals surface area contributed by atoms with Gasteiger partial charge in [-0.05, 0) is 75.7 Å². The van der Waals surface area contributed by atoms with Crippen molar-refractivity contribution in [3.8, 4) is 16.8 Å². The summed E-state index contributed by atoms with van der Waals surface area (Å²) in [6, 6.07) is 36.9. The first-order valence-corrected chi connectivity index (χ1v) is 12.8. The van der Waals surface area contributed by atoms with Crippen LogP contribution in [0.5, 0.6) is 0 Å². The molecule has 3 nitrogen and oxygen atoms in total. The number of para-hydroxylation sites is 3. The van der Waals surface area contributed by atoms with Crippen molar-refractivity contribution in [2.24, 2.45) is 0 Å². The van der Waals surface area contributed by atoms with Crippen LogP contribution >= 0.6 is 0 Å². The highest BCUT2D eigenvalue weighted by Gasteiger charge is 2.38. The Morgan fingerprint density at radius 1 is 0.730 bits per heavy atom. The molecule has 0 fully saturated rings. The lowest BCUT2D eigenvalue weighted by atomic mass is 9.79. The van der Waals surface area contributed by atoms with Crippen molar-refractivity contribution >= 4 is 39.5 Å². The van der Waals surface area contributed by atoms with E-state index in [-0.39, 0.29) is 5.41 Å². The average Bonchev–Trinajstić information content (AvgIpc) is 3.43. The molecular formula is C34H25N3. The third kappa shape index (κ3) is 2.69.